The Morgan fingerprint density at radius 2 is 1.69 bits per heavy atom. The summed E-state index contributed by atoms with van der Waals surface area (Å²) in [5.41, 5.74) is 3.85. The van der Waals surface area contributed by atoms with Crippen molar-refractivity contribution in [3.8, 4) is 21.7 Å². The Morgan fingerprint density at radius 3 is 2.38 bits per heavy atom. The Kier molecular flexibility index (Phi) is 5.79. The molecule has 2 aromatic carbocycles. The van der Waals surface area contributed by atoms with E-state index in [-0.39, 0.29) is 6.03 Å². The number of amides is 2. The molecular formula is C23H21ClN6OS. The van der Waals surface area contributed by atoms with Gasteiger partial charge in [-0.25, -0.2) is 9.17 Å². The fraction of sp³-hybridized carbons (Fsp3) is 0.174. The van der Waals surface area contributed by atoms with Gasteiger partial charge in [0.2, 0.25) is 0 Å². The highest BCUT2D eigenvalue weighted by atomic mass is 35.5. The number of piperazine rings is 1. The first-order chi connectivity index (χ1) is 15.7. The number of rotatable bonds is 4. The number of carbonyl (C=O) groups excluding carboxylic acids is 1. The third-order valence-electron chi connectivity index (χ3n) is 5.47. The molecule has 0 saturated carbocycles. The fourth-order valence-corrected chi connectivity index (χ4v) is 4.40. The van der Waals surface area contributed by atoms with Crippen LogP contribution in [-0.2, 0) is 0 Å². The van der Waals surface area contributed by atoms with E-state index in [4.69, 9.17) is 11.6 Å². The van der Waals surface area contributed by atoms with Crippen LogP contribution >= 0.6 is 23.1 Å². The number of carbonyl (C=O) groups is 1. The summed E-state index contributed by atoms with van der Waals surface area (Å²) in [5, 5.41) is 11.2. The highest BCUT2D eigenvalue weighted by Gasteiger charge is 2.23. The van der Waals surface area contributed by atoms with Gasteiger partial charge < -0.3 is 15.1 Å². The minimum atomic E-state index is -0.0842. The molecule has 1 saturated heterocycles. The van der Waals surface area contributed by atoms with Gasteiger partial charge in [0, 0.05) is 49.2 Å². The summed E-state index contributed by atoms with van der Waals surface area (Å²) in [7, 11) is 0. The van der Waals surface area contributed by atoms with E-state index in [0.717, 1.165) is 46.3 Å². The zero-order valence-corrected chi connectivity index (χ0v) is 18.7. The summed E-state index contributed by atoms with van der Waals surface area (Å²) < 4.78 is 4.13. The molecule has 0 spiro atoms. The zero-order valence-electron chi connectivity index (χ0n) is 17.2. The average molecular weight is 465 g/mol. The molecule has 1 aliphatic rings. The molecule has 9 heteroatoms. The number of urea groups is 1. The number of hydrogen-bond donors (Lipinski definition) is 2. The summed E-state index contributed by atoms with van der Waals surface area (Å²) in [4.78, 5) is 17.8. The monoisotopic (exact) mass is 464 g/mol. The first-order valence-electron chi connectivity index (χ1n) is 10.3. The molecule has 0 atom stereocenters. The van der Waals surface area contributed by atoms with Gasteiger partial charge in [-0.05, 0) is 53.0 Å². The lowest BCUT2D eigenvalue weighted by Gasteiger charge is -2.34. The van der Waals surface area contributed by atoms with Crippen molar-refractivity contribution in [2.24, 2.45) is 0 Å². The van der Waals surface area contributed by atoms with Gasteiger partial charge >= 0.3 is 6.03 Å². The molecule has 1 fully saturated rings. The van der Waals surface area contributed by atoms with Crippen molar-refractivity contribution in [1.82, 2.24) is 19.5 Å². The van der Waals surface area contributed by atoms with Gasteiger partial charge in [0.1, 0.15) is 0 Å². The van der Waals surface area contributed by atoms with E-state index in [9.17, 15) is 4.79 Å². The number of halogens is 1. The van der Waals surface area contributed by atoms with Crippen LogP contribution in [0.25, 0.3) is 21.7 Å². The minimum absolute atomic E-state index is 0.0842. The van der Waals surface area contributed by atoms with E-state index in [1.54, 1.807) is 6.20 Å². The number of hydrogen-bond acceptors (Lipinski definition) is 5. The highest BCUT2D eigenvalue weighted by Crippen LogP contribution is 2.25. The molecule has 5 rings (SSSR count). The molecule has 7 nitrogen and oxygen atoms in total. The molecular weight excluding hydrogens is 444 g/mol. The minimum Gasteiger partial charge on any atom is -0.352 e. The molecule has 2 amide bonds. The molecule has 0 aliphatic carbocycles. The molecule has 2 N–H and O–H groups in total. The molecule has 0 bridgehead atoms. The molecule has 2 aromatic heterocycles. The van der Waals surface area contributed by atoms with E-state index in [1.807, 2.05) is 65.6 Å². The van der Waals surface area contributed by atoms with Crippen LogP contribution in [0.4, 0.5) is 16.3 Å². The standard InChI is InChI=1S/C23H21ClN6OS/c24-18-5-1-16(2-6-18)20-15-22(28-27-20)29-11-13-30(14-12-29)23(31)26-19-7-3-17(4-8-19)21-9-10-25-32-21/h1-10,15H,11-14H2,(H,26,31)(H,27,28). The molecule has 3 heterocycles. The SMILES string of the molecule is O=C(Nc1ccc(-c2ccns2)cc1)N1CCN(c2cc(-c3ccc(Cl)cc3)[nH]n2)CC1. The van der Waals surface area contributed by atoms with Crippen LogP contribution in [0.5, 0.6) is 0 Å². The van der Waals surface area contributed by atoms with Crippen molar-refractivity contribution >= 4 is 40.7 Å². The highest BCUT2D eigenvalue weighted by molar-refractivity contribution is 7.09. The van der Waals surface area contributed by atoms with E-state index in [2.05, 4.69) is 24.8 Å². The second-order valence-electron chi connectivity index (χ2n) is 7.50. The van der Waals surface area contributed by atoms with Gasteiger partial charge in [-0.2, -0.15) is 5.10 Å². The second-order valence-corrected chi connectivity index (χ2v) is 8.77. The van der Waals surface area contributed by atoms with E-state index in [0.29, 0.717) is 18.1 Å². The first kappa shape index (κ1) is 20.5. The Morgan fingerprint density at radius 1 is 0.969 bits per heavy atom. The predicted octanol–water partition coefficient (Wildman–Crippen LogP) is 5.21. The molecule has 1 aliphatic heterocycles. The number of aromatic amines is 1. The smallest absolute Gasteiger partial charge is 0.321 e. The lowest BCUT2D eigenvalue weighted by Crippen LogP contribution is -2.50. The van der Waals surface area contributed by atoms with Crippen LogP contribution in [-0.4, -0.2) is 51.7 Å². The van der Waals surface area contributed by atoms with Crippen molar-refractivity contribution in [3.05, 3.63) is 71.9 Å². The van der Waals surface area contributed by atoms with Gasteiger partial charge in [-0.3, -0.25) is 5.10 Å². The van der Waals surface area contributed by atoms with Crippen molar-refractivity contribution in [2.75, 3.05) is 36.4 Å². The number of anilines is 2. The Balaban J connectivity index is 1.16. The summed E-state index contributed by atoms with van der Waals surface area (Å²) in [6.45, 7) is 2.72. The van der Waals surface area contributed by atoms with Crippen molar-refractivity contribution in [3.63, 3.8) is 0 Å². The van der Waals surface area contributed by atoms with Gasteiger partial charge in [0.05, 0.1) is 10.6 Å². The largest absolute Gasteiger partial charge is 0.352 e. The first-order valence-corrected chi connectivity index (χ1v) is 11.4. The Bertz CT molecular complexity index is 1180. The third-order valence-corrected chi connectivity index (χ3v) is 6.52. The number of H-pyrrole nitrogens is 1. The fourth-order valence-electron chi connectivity index (χ4n) is 3.67. The van der Waals surface area contributed by atoms with Gasteiger partial charge in [0.15, 0.2) is 5.82 Å². The van der Waals surface area contributed by atoms with Crippen LogP contribution in [0.2, 0.25) is 5.02 Å². The third kappa shape index (κ3) is 4.46. The van der Waals surface area contributed by atoms with Crippen LogP contribution in [0.1, 0.15) is 0 Å². The maximum Gasteiger partial charge on any atom is 0.321 e. The number of nitrogens with one attached hydrogen (secondary N) is 2. The van der Waals surface area contributed by atoms with Crippen LogP contribution < -0.4 is 10.2 Å². The summed E-state index contributed by atoms with van der Waals surface area (Å²) in [5.74, 6) is 0.883. The van der Waals surface area contributed by atoms with Gasteiger partial charge in [-0.15, -0.1) is 0 Å². The van der Waals surface area contributed by atoms with E-state index in [1.165, 1.54) is 11.5 Å². The zero-order chi connectivity index (χ0) is 21.9. The predicted molar refractivity (Wildman–Crippen MR) is 129 cm³/mol. The van der Waals surface area contributed by atoms with Gasteiger partial charge in [0.25, 0.3) is 0 Å². The summed E-state index contributed by atoms with van der Waals surface area (Å²) in [6.07, 6.45) is 1.79. The average Bonchev–Trinajstić information content (AvgIpc) is 3.53. The van der Waals surface area contributed by atoms with Crippen molar-refractivity contribution in [1.29, 1.82) is 0 Å². The lowest BCUT2D eigenvalue weighted by atomic mass is 10.1. The molecule has 0 radical (unpaired) electrons. The van der Waals surface area contributed by atoms with Crippen LogP contribution in [0, 0.1) is 0 Å². The Labute approximate surface area is 194 Å². The molecule has 162 valence electrons. The summed E-state index contributed by atoms with van der Waals surface area (Å²) >= 11 is 7.43. The summed E-state index contributed by atoms with van der Waals surface area (Å²) in [6, 6.07) is 19.4. The van der Waals surface area contributed by atoms with Crippen molar-refractivity contribution in [2.45, 2.75) is 0 Å². The van der Waals surface area contributed by atoms with Crippen LogP contribution in [0.3, 0.4) is 0 Å². The van der Waals surface area contributed by atoms with Gasteiger partial charge in [-0.1, -0.05) is 35.9 Å². The number of nitrogens with zero attached hydrogens (tertiary/aromatic N) is 4. The molecule has 0 unspecified atom stereocenters. The topological polar surface area (TPSA) is 77.2 Å². The Hall–Kier alpha value is -3.36. The maximum absolute atomic E-state index is 12.7. The quantitative estimate of drug-likeness (QED) is 0.434. The van der Waals surface area contributed by atoms with Crippen LogP contribution in [0.15, 0.2) is 66.9 Å². The second kappa shape index (κ2) is 9.02. The maximum atomic E-state index is 12.7. The molecule has 32 heavy (non-hydrogen) atoms. The number of aromatic nitrogens is 3. The van der Waals surface area contributed by atoms with Crippen molar-refractivity contribution < 1.29 is 4.79 Å². The van der Waals surface area contributed by atoms with E-state index < -0.39 is 0 Å². The normalized spacial score (nSPS) is 13.9. The lowest BCUT2D eigenvalue weighted by molar-refractivity contribution is 0.208. The van der Waals surface area contributed by atoms with E-state index >= 15 is 0 Å². The molecule has 4 aromatic rings. The number of benzene rings is 2.